The fourth-order valence-corrected chi connectivity index (χ4v) is 3.55. The lowest BCUT2D eigenvalue weighted by molar-refractivity contribution is -0.141. The lowest BCUT2D eigenvalue weighted by Gasteiger charge is -2.34. The van der Waals surface area contributed by atoms with Gasteiger partial charge in [0.05, 0.1) is 12.5 Å². The molecule has 0 saturated carbocycles. The number of carbonyl (C=O) groups excluding carboxylic acids is 1. The minimum absolute atomic E-state index is 0.0328. The summed E-state index contributed by atoms with van der Waals surface area (Å²) in [6.45, 7) is 2.27. The average molecular weight is 344 g/mol. The lowest BCUT2D eigenvalue weighted by atomic mass is 10.2. The summed E-state index contributed by atoms with van der Waals surface area (Å²) in [5, 5.41) is 9.53. The molecule has 1 saturated heterocycles. The Labute approximate surface area is 138 Å². The molecule has 0 radical (unpaired) electrons. The quantitative estimate of drug-likeness (QED) is 0.889. The van der Waals surface area contributed by atoms with Crippen molar-refractivity contribution in [3.8, 4) is 5.75 Å². The van der Waals surface area contributed by atoms with Crippen molar-refractivity contribution in [2.75, 3.05) is 24.7 Å². The Balaban J connectivity index is 1.98. The molecule has 2 rings (SSSR count). The SMILES string of the molecule is Cc1c(Cl)cccc1OCC(=O)N1CCSCC1CC(=O)O. The molecule has 1 aromatic carbocycles. The number of rotatable bonds is 5. The Morgan fingerprint density at radius 1 is 1.50 bits per heavy atom. The van der Waals surface area contributed by atoms with Crippen LogP contribution in [-0.4, -0.2) is 52.6 Å². The van der Waals surface area contributed by atoms with Gasteiger partial charge in [0.15, 0.2) is 6.61 Å². The molecule has 0 bridgehead atoms. The van der Waals surface area contributed by atoms with Gasteiger partial charge < -0.3 is 14.7 Å². The van der Waals surface area contributed by atoms with Crippen molar-refractivity contribution in [2.45, 2.75) is 19.4 Å². The van der Waals surface area contributed by atoms with Crippen LogP contribution < -0.4 is 4.74 Å². The van der Waals surface area contributed by atoms with E-state index in [1.807, 2.05) is 6.92 Å². The Morgan fingerprint density at radius 3 is 3.00 bits per heavy atom. The molecular formula is C15H18ClNO4S. The summed E-state index contributed by atoms with van der Waals surface area (Å²) in [5.74, 6) is 0.955. The highest BCUT2D eigenvalue weighted by Crippen LogP contribution is 2.25. The Hall–Kier alpha value is -1.40. The smallest absolute Gasteiger partial charge is 0.305 e. The molecule has 0 aromatic heterocycles. The van der Waals surface area contributed by atoms with Gasteiger partial charge in [0.1, 0.15) is 5.75 Å². The van der Waals surface area contributed by atoms with Gasteiger partial charge in [-0.3, -0.25) is 9.59 Å². The van der Waals surface area contributed by atoms with Crippen LogP contribution in [0.5, 0.6) is 5.75 Å². The monoisotopic (exact) mass is 343 g/mol. The molecule has 120 valence electrons. The van der Waals surface area contributed by atoms with Crippen molar-refractivity contribution in [3.63, 3.8) is 0 Å². The first-order valence-electron chi connectivity index (χ1n) is 6.96. The number of nitrogens with zero attached hydrogens (tertiary/aromatic N) is 1. The summed E-state index contributed by atoms with van der Waals surface area (Å²) in [4.78, 5) is 24.8. The molecule has 22 heavy (non-hydrogen) atoms. The number of carboxylic acid groups (broad SMARTS) is 1. The third kappa shape index (κ3) is 4.30. The van der Waals surface area contributed by atoms with Gasteiger partial charge in [-0.1, -0.05) is 17.7 Å². The second kappa shape index (κ2) is 7.74. The molecule has 0 aliphatic carbocycles. The van der Waals surface area contributed by atoms with Crippen molar-refractivity contribution >= 4 is 35.2 Å². The van der Waals surface area contributed by atoms with E-state index in [2.05, 4.69) is 0 Å². The van der Waals surface area contributed by atoms with Crippen molar-refractivity contribution in [1.29, 1.82) is 0 Å². The highest BCUT2D eigenvalue weighted by atomic mass is 35.5. The summed E-state index contributed by atoms with van der Waals surface area (Å²) in [7, 11) is 0. The van der Waals surface area contributed by atoms with E-state index in [1.165, 1.54) is 0 Å². The first-order chi connectivity index (χ1) is 10.5. The Morgan fingerprint density at radius 2 is 2.27 bits per heavy atom. The first kappa shape index (κ1) is 17.0. The van der Waals surface area contributed by atoms with Gasteiger partial charge in [-0.2, -0.15) is 11.8 Å². The van der Waals surface area contributed by atoms with Crippen LogP contribution in [-0.2, 0) is 9.59 Å². The standard InChI is InChI=1S/C15H18ClNO4S/c1-10-12(16)3-2-4-13(10)21-8-14(18)17-5-6-22-9-11(17)7-15(19)20/h2-4,11H,5-9H2,1H3,(H,19,20). The van der Waals surface area contributed by atoms with E-state index in [4.69, 9.17) is 21.4 Å². The van der Waals surface area contributed by atoms with Crippen LogP contribution in [0.2, 0.25) is 5.02 Å². The van der Waals surface area contributed by atoms with Crippen LogP contribution in [0.3, 0.4) is 0 Å². The highest BCUT2D eigenvalue weighted by Gasteiger charge is 2.29. The summed E-state index contributed by atoms with van der Waals surface area (Å²) in [6, 6.07) is 5.01. The van der Waals surface area contributed by atoms with E-state index in [1.54, 1.807) is 34.9 Å². The van der Waals surface area contributed by atoms with Crippen molar-refractivity contribution in [3.05, 3.63) is 28.8 Å². The summed E-state index contributed by atoms with van der Waals surface area (Å²) < 4.78 is 5.56. The molecule has 1 unspecified atom stereocenters. The van der Waals surface area contributed by atoms with Crippen LogP contribution in [0.15, 0.2) is 18.2 Å². The van der Waals surface area contributed by atoms with Gasteiger partial charge >= 0.3 is 5.97 Å². The molecule has 1 aromatic rings. The molecule has 1 amide bonds. The van der Waals surface area contributed by atoms with Crippen LogP contribution in [0.1, 0.15) is 12.0 Å². The molecule has 1 aliphatic heterocycles. The molecule has 1 N–H and O–H groups in total. The number of ether oxygens (including phenoxy) is 1. The molecule has 1 fully saturated rings. The fraction of sp³-hybridized carbons (Fsp3) is 0.467. The summed E-state index contributed by atoms with van der Waals surface area (Å²) in [6.07, 6.45) is -0.0328. The third-order valence-electron chi connectivity index (χ3n) is 3.53. The number of amides is 1. The van der Waals surface area contributed by atoms with Crippen LogP contribution in [0.25, 0.3) is 0 Å². The summed E-state index contributed by atoms with van der Waals surface area (Å²) >= 11 is 7.68. The van der Waals surface area contributed by atoms with Crippen LogP contribution in [0.4, 0.5) is 0 Å². The number of benzene rings is 1. The number of hydrogen-bond acceptors (Lipinski definition) is 4. The number of hydrogen-bond donors (Lipinski definition) is 1. The van der Waals surface area contributed by atoms with Gasteiger partial charge in [-0.05, 0) is 19.1 Å². The van der Waals surface area contributed by atoms with Gasteiger partial charge in [-0.15, -0.1) is 0 Å². The van der Waals surface area contributed by atoms with Crippen LogP contribution >= 0.6 is 23.4 Å². The van der Waals surface area contributed by atoms with Gasteiger partial charge in [0.25, 0.3) is 5.91 Å². The number of thioether (sulfide) groups is 1. The Bertz CT molecular complexity index is 566. The molecule has 1 atom stereocenters. The Kier molecular flexibility index (Phi) is 5.97. The maximum atomic E-state index is 12.3. The van der Waals surface area contributed by atoms with E-state index in [-0.39, 0.29) is 25.0 Å². The topological polar surface area (TPSA) is 66.8 Å². The molecule has 0 spiro atoms. The van der Waals surface area contributed by atoms with Gasteiger partial charge in [0.2, 0.25) is 0 Å². The maximum absolute atomic E-state index is 12.3. The minimum Gasteiger partial charge on any atom is -0.483 e. The molecule has 7 heteroatoms. The molecular weight excluding hydrogens is 326 g/mol. The highest BCUT2D eigenvalue weighted by molar-refractivity contribution is 7.99. The van der Waals surface area contributed by atoms with Crippen molar-refractivity contribution < 1.29 is 19.4 Å². The number of halogens is 1. The second-order valence-electron chi connectivity index (χ2n) is 5.07. The average Bonchev–Trinajstić information content (AvgIpc) is 2.48. The zero-order valence-electron chi connectivity index (χ0n) is 12.3. The minimum atomic E-state index is -0.892. The maximum Gasteiger partial charge on any atom is 0.305 e. The van der Waals surface area contributed by atoms with E-state index in [0.29, 0.717) is 23.1 Å². The molecule has 5 nitrogen and oxygen atoms in total. The van der Waals surface area contributed by atoms with E-state index < -0.39 is 5.97 Å². The first-order valence-corrected chi connectivity index (χ1v) is 8.49. The van der Waals surface area contributed by atoms with E-state index >= 15 is 0 Å². The third-order valence-corrected chi connectivity index (χ3v) is 5.03. The summed E-state index contributed by atoms with van der Waals surface area (Å²) in [5.41, 5.74) is 0.785. The molecule has 1 heterocycles. The van der Waals surface area contributed by atoms with Gasteiger partial charge in [-0.25, -0.2) is 0 Å². The number of aliphatic carboxylic acids is 1. The van der Waals surface area contributed by atoms with E-state index in [0.717, 1.165) is 11.3 Å². The largest absolute Gasteiger partial charge is 0.483 e. The van der Waals surface area contributed by atoms with Gasteiger partial charge in [0, 0.05) is 28.6 Å². The fourth-order valence-electron chi connectivity index (χ4n) is 2.32. The zero-order valence-corrected chi connectivity index (χ0v) is 13.8. The number of carboxylic acids is 1. The predicted molar refractivity (Wildman–Crippen MR) is 86.8 cm³/mol. The lowest BCUT2D eigenvalue weighted by Crippen LogP contribution is -2.48. The zero-order chi connectivity index (χ0) is 16.1. The second-order valence-corrected chi connectivity index (χ2v) is 6.62. The van der Waals surface area contributed by atoms with Crippen molar-refractivity contribution in [2.24, 2.45) is 0 Å². The van der Waals surface area contributed by atoms with E-state index in [9.17, 15) is 9.59 Å². The predicted octanol–water partition coefficient (Wildman–Crippen LogP) is 2.45. The normalized spacial score (nSPS) is 18.1. The molecule has 1 aliphatic rings. The van der Waals surface area contributed by atoms with Crippen molar-refractivity contribution in [1.82, 2.24) is 4.90 Å². The number of carbonyl (C=O) groups is 2. The van der Waals surface area contributed by atoms with Crippen LogP contribution in [0, 0.1) is 6.92 Å².